The number of hydrogen-bond donors (Lipinski definition) is 2. The summed E-state index contributed by atoms with van der Waals surface area (Å²) in [6.07, 6.45) is 8.05. The number of nitrogens with zero attached hydrogens (tertiary/aromatic N) is 2. The van der Waals surface area contributed by atoms with Gasteiger partial charge in [-0.05, 0) is 72.8 Å². The fraction of sp³-hybridized carbons (Fsp3) is 0.222. The maximum absolute atomic E-state index is 4.62. The van der Waals surface area contributed by atoms with Crippen LogP contribution in [0.1, 0.15) is 78.2 Å². The molecule has 0 amide bonds. The molecule has 3 aromatic heterocycles. The van der Waals surface area contributed by atoms with E-state index < -0.39 is 0 Å². The molecule has 234 valence electrons. The van der Waals surface area contributed by atoms with Gasteiger partial charge in [-0.15, -0.1) is 0 Å². The first-order valence-electron chi connectivity index (χ1n) is 13.5. The molecule has 4 nitrogen and oxygen atoms in total. The third kappa shape index (κ3) is 19.0. The molecule has 8 bridgehead atoms. The van der Waals surface area contributed by atoms with E-state index in [2.05, 4.69) is 106 Å². The number of rotatable bonds is 0. The molecule has 0 saturated heterocycles. The summed E-state index contributed by atoms with van der Waals surface area (Å²) >= 11 is 0. The Morgan fingerprint density at radius 1 is 0.366 bits per heavy atom. The molecule has 5 heteroatoms. The van der Waals surface area contributed by atoms with Crippen molar-refractivity contribution >= 4 is 46.4 Å². The largest absolute Gasteiger partial charge is 0.355 e. The van der Waals surface area contributed by atoms with E-state index in [4.69, 9.17) is 0 Å². The average Bonchev–Trinajstić information content (AvgIpc) is 3.88. The van der Waals surface area contributed by atoms with Crippen molar-refractivity contribution in [1.82, 2.24) is 19.9 Å². The predicted molar refractivity (Wildman–Crippen MR) is 187 cm³/mol. The molecular formula is C36H54FeN4-8. The normalized spacial score (nSPS) is 8.59. The van der Waals surface area contributed by atoms with Crippen LogP contribution in [0, 0.1) is 55.4 Å². The number of H-pyrrole nitrogens is 2. The summed E-state index contributed by atoms with van der Waals surface area (Å²) in [6, 6.07) is 16.4. The van der Waals surface area contributed by atoms with Crippen molar-refractivity contribution in [2.75, 3.05) is 0 Å². The molecule has 2 aliphatic rings. The van der Waals surface area contributed by atoms with E-state index in [9.17, 15) is 0 Å². The Morgan fingerprint density at radius 3 is 0.854 bits per heavy atom. The first-order valence-corrected chi connectivity index (χ1v) is 13.5. The van der Waals surface area contributed by atoms with Crippen LogP contribution < -0.4 is 0 Å². The molecule has 0 unspecified atom stereocenters. The van der Waals surface area contributed by atoms with Crippen LogP contribution in [-0.2, 0) is 17.1 Å². The Labute approximate surface area is 264 Å². The summed E-state index contributed by atoms with van der Waals surface area (Å²) in [4.78, 5) is 16.0. The molecule has 41 heavy (non-hydrogen) atoms. The number of aromatic nitrogens is 4. The SMILES string of the molecule is C1=Cc2cc3ccc(cc4ccc(cc5nc(cc1n2)C=C5)[nH]4)[nH]3.[CH2-]C.[CH2-]C.[CH2-]C.[CH2-]C.[CH2-]C.[CH2-]C.[CH2-]C.[CH2-]C.[Fe]. The van der Waals surface area contributed by atoms with E-state index in [-0.39, 0.29) is 17.1 Å². The monoisotopic (exact) mass is 598 g/mol. The van der Waals surface area contributed by atoms with E-state index in [0.29, 0.717) is 0 Å². The van der Waals surface area contributed by atoms with Gasteiger partial charge in [0.05, 0.1) is 22.8 Å². The summed E-state index contributed by atoms with van der Waals surface area (Å²) in [5, 5.41) is 0. The van der Waals surface area contributed by atoms with Crippen molar-refractivity contribution in [3.8, 4) is 0 Å². The second kappa shape index (κ2) is 35.1. The van der Waals surface area contributed by atoms with Gasteiger partial charge in [-0.3, -0.25) is 0 Å². The zero-order chi connectivity index (χ0) is 31.9. The Morgan fingerprint density at radius 2 is 0.585 bits per heavy atom. The van der Waals surface area contributed by atoms with Crippen LogP contribution in [0.3, 0.4) is 0 Å². The molecule has 0 atom stereocenters. The van der Waals surface area contributed by atoms with Gasteiger partial charge in [0.15, 0.2) is 0 Å². The number of fused-ring (bicyclic) bond motifs is 8. The average molecular weight is 599 g/mol. The van der Waals surface area contributed by atoms with Gasteiger partial charge in [-0.25, -0.2) is 9.97 Å². The van der Waals surface area contributed by atoms with Crippen molar-refractivity contribution in [2.24, 2.45) is 0 Å². The van der Waals surface area contributed by atoms with Crippen LogP contribution in [0.25, 0.3) is 46.4 Å². The second-order valence-electron chi connectivity index (χ2n) is 5.91. The summed E-state index contributed by atoms with van der Waals surface area (Å²) in [5.41, 5.74) is 7.86. The predicted octanol–water partition coefficient (Wildman–Crippen LogP) is 11.4. The van der Waals surface area contributed by atoms with Crippen LogP contribution in [0.4, 0.5) is 0 Å². The molecule has 0 spiro atoms. The minimum Gasteiger partial charge on any atom is -0.355 e. The number of hydrogen-bond acceptors (Lipinski definition) is 2. The standard InChI is InChI=1S/C20H14N4.8C2H5.Fe/c1-2-14-10-16-5-6-18(23-16)12-20-8-7-19(24-20)11-17-4-3-15(22-17)9-13(1)21-14;8*1-2;/h1-12,21-22H;8*1H2,2H3;/q;8*-1;. The molecule has 3 aromatic rings. The number of aromatic amines is 2. The summed E-state index contributed by atoms with van der Waals surface area (Å²) < 4.78 is 0. The smallest absolute Gasteiger partial charge is 0.0659 e. The van der Waals surface area contributed by atoms with Crippen molar-refractivity contribution in [1.29, 1.82) is 0 Å². The molecule has 0 aliphatic carbocycles. The summed E-state index contributed by atoms with van der Waals surface area (Å²) in [7, 11) is 0. The quantitative estimate of drug-likeness (QED) is 0.138. The topological polar surface area (TPSA) is 57.4 Å². The summed E-state index contributed by atoms with van der Waals surface area (Å²) in [6.45, 7) is 40.0. The van der Waals surface area contributed by atoms with Crippen molar-refractivity contribution in [3.05, 3.63) is 127 Å². The van der Waals surface area contributed by atoms with E-state index in [0.717, 1.165) is 44.8 Å². The van der Waals surface area contributed by atoms with E-state index in [1.165, 1.54) is 0 Å². The molecule has 0 radical (unpaired) electrons. The van der Waals surface area contributed by atoms with Gasteiger partial charge in [0, 0.05) is 39.1 Å². The molecule has 0 saturated carbocycles. The Kier molecular flexibility index (Phi) is 41.0. The zero-order valence-electron chi connectivity index (χ0n) is 26.8. The van der Waals surface area contributed by atoms with E-state index >= 15 is 0 Å². The van der Waals surface area contributed by atoms with Crippen LogP contribution >= 0.6 is 0 Å². The van der Waals surface area contributed by atoms with Gasteiger partial charge >= 0.3 is 0 Å². The second-order valence-corrected chi connectivity index (χ2v) is 5.91. The van der Waals surface area contributed by atoms with Crippen LogP contribution in [-0.4, -0.2) is 19.9 Å². The molecule has 0 fully saturated rings. The first kappa shape index (κ1) is 47.9. The van der Waals surface area contributed by atoms with Gasteiger partial charge < -0.3 is 65.4 Å². The number of nitrogens with one attached hydrogen (secondary N) is 2. The molecule has 5 heterocycles. The molecule has 0 aromatic carbocycles. The van der Waals surface area contributed by atoms with Crippen molar-refractivity contribution in [3.63, 3.8) is 0 Å². The van der Waals surface area contributed by atoms with Crippen LogP contribution in [0.15, 0.2) is 48.5 Å². The van der Waals surface area contributed by atoms with Crippen molar-refractivity contribution in [2.45, 2.75) is 55.4 Å². The Bertz CT molecular complexity index is 1080. The zero-order valence-corrected chi connectivity index (χ0v) is 27.9. The van der Waals surface area contributed by atoms with Crippen LogP contribution in [0.5, 0.6) is 0 Å². The Hall–Kier alpha value is -2.88. The molecule has 2 N–H and O–H groups in total. The third-order valence-electron chi connectivity index (χ3n) is 4.04. The van der Waals surface area contributed by atoms with Gasteiger partial charge in [0.1, 0.15) is 0 Å². The first-order chi connectivity index (χ1) is 19.8. The summed E-state index contributed by atoms with van der Waals surface area (Å²) in [5.74, 6) is 0. The fourth-order valence-electron chi connectivity index (χ4n) is 2.94. The van der Waals surface area contributed by atoms with E-state index in [1.54, 1.807) is 55.4 Å². The minimum atomic E-state index is 0. The van der Waals surface area contributed by atoms with E-state index in [1.807, 2.05) is 42.5 Å². The Balaban J connectivity index is -0.000000222. The van der Waals surface area contributed by atoms with Gasteiger partial charge in [-0.2, -0.15) is 55.4 Å². The van der Waals surface area contributed by atoms with Crippen molar-refractivity contribution < 1.29 is 17.1 Å². The van der Waals surface area contributed by atoms with Gasteiger partial charge in [0.25, 0.3) is 0 Å². The maximum Gasteiger partial charge on any atom is 0.0659 e. The molecular weight excluding hydrogens is 544 g/mol. The van der Waals surface area contributed by atoms with Crippen LogP contribution in [0.2, 0.25) is 0 Å². The maximum atomic E-state index is 4.62. The third-order valence-corrected chi connectivity index (χ3v) is 4.04. The molecule has 2 aliphatic heterocycles. The van der Waals surface area contributed by atoms with Gasteiger partial charge in [0.2, 0.25) is 0 Å². The molecule has 5 rings (SSSR count). The van der Waals surface area contributed by atoms with Gasteiger partial charge in [-0.1, -0.05) is 0 Å². The minimum absolute atomic E-state index is 0. The fourth-order valence-corrected chi connectivity index (χ4v) is 2.94.